The molecule has 97 heavy (non-hydrogen) atoms. The molecule has 0 saturated carbocycles. The highest BCUT2D eigenvalue weighted by Crippen LogP contribution is 2.30. The molecule has 0 spiro atoms. The topological polar surface area (TPSA) is 371 Å². The summed E-state index contributed by atoms with van der Waals surface area (Å²) in [5, 5.41) is 27.9. The van der Waals surface area contributed by atoms with Gasteiger partial charge < -0.3 is 101 Å². The van der Waals surface area contributed by atoms with E-state index in [1.807, 2.05) is 6.92 Å². The van der Waals surface area contributed by atoms with Crippen LogP contribution < -0.4 is 53.4 Å². The fourth-order valence-corrected chi connectivity index (χ4v) is 9.58. The summed E-state index contributed by atoms with van der Waals surface area (Å²) in [6.45, 7) is 8.75. The fourth-order valence-electron chi connectivity index (χ4n) is 9.58. The first-order chi connectivity index (χ1) is 46.9. The second kappa shape index (κ2) is 53.1. The van der Waals surface area contributed by atoms with Gasteiger partial charge in [-0.3, -0.25) is 28.8 Å². The smallest absolute Gasteiger partial charge is 0.311 e. The Labute approximate surface area is 564 Å². The lowest BCUT2D eigenvalue weighted by Crippen LogP contribution is -2.50. The van der Waals surface area contributed by atoms with Gasteiger partial charge >= 0.3 is 5.97 Å². The summed E-state index contributed by atoms with van der Waals surface area (Å²) in [6, 6.07) is -0.227. The van der Waals surface area contributed by atoms with Crippen LogP contribution in [0.25, 0.3) is 0 Å². The van der Waals surface area contributed by atoms with E-state index in [0.717, 1.165) is 32.1 Å². The van der Waals surface area contributed by atoms with Crippen LogP contribution in [0.15, 0.2) is 36.7 Å². The molecule has 1 fully saturated rings. The van der Waals surface area contributed by atoms with E-state index in [9.17, 15) is 50.7 Å². The number of unbranched alkanes of at least 4 members (excludes halogenated alkanes) is 7. The summed E-state index contributed by atoms with van der Waals surface area (Å²) in [7, 11) is 0. The summed E-state index contributed by atoms with van der Waals surface area (Å²) < 4.78 is 130. The average molecular weight is 1400 g/mol. The van der Waals surface area contributed by atoms with E-state index in [2.05, 4.69) is 52.3 Å². The number of hydrogen-bond acceptors (Lipinski definition) is 23. The van der Waals surface area contributed by atoms with Gasteiger partial charge in [-0.1, -0.05) is 43.7 Å². The lowest BCUT2D eigenvalue weighted by molar-refractivity contribution is -0.135. The molecule has 1 aliphatic rings. The molecule has 2 heterocycles. The Balaban J connectivity index is 1.52. The third kappa shape index (κ3) is 39.9. The van der Waals surface area contributed by atoms with Gasteiger partial charge in [0, 0.05) is 89.0 Å². The summed E-state index contributed by atoms with van der Waals surface area (Å²) >= 11 is 0. The van der Waals surface area contributed by atoms with Gasteiger partial charge in [-0.05, 0) is 51.9 Å². The van der Waals surface area contributed by atoms with Crippen molar-refractivity contribution in [2.75, 3.05) is 132 Å². The van der Waals surface area contributed by atoms with Crippen LogP contribution >= 0.6 is 0 Å². The number of nitrogens with zero attached hydrogens (tertiary/aromatic N) is 3. The van der Waals surface area contributed by atoms with Gasteiger partial charge in [0.25, 0.3) is 0 Å². The summed E-state index contributed by atoms with van der Waals surface area (Å²) in [4.78, 5) is 78.0. The molecule has 552 valence electrons. The number of rotatable bonds is 59. The van der Waals surface area contributed by atoms with Crippen molar-refractivity contribution in [3.63, 3.8) is 0 Å². The number of carbonyl (C=O) groups is 6. The van der Waals surface area contributed by atoms with E-state index in [-0.39, 0.29) is 199 Å². The first-order valence-corrected chi connectivity index (χ1v) is 33.0. The van der Waals surface area contributed by atoms with Crippen LogP contribution in [-0.2, 0) is 82.9 Å². The van der Waals surface area contributed by atoms with Crippen molar-refractivity contribution in [3.8, 4) is 5.75 Å². The van der Waals surface area contributed by atoms with E-state index in [1.165, 1.54) is 17.8 Å². The van der Waals surface area contributed by atoms with Crippen molar-refractivity contribution in [2.45, 2.75) is 160 Å². The Morgan fingerprint density at radius 3 is 1.49 bits per heavy atom. The molecule has 0 aliphatic carbocycles. The molecule has 1 aromatic carbocycles. The second-order valence-corrected chi connectivity index (χ2v) is 22.5. The monoisotopic (exact) mass is 1390 g/mol. The molecule has 0 radical (unpaired) electrons. The van der Waals surface area contributed by atoms with Gasteiger partial charge in [0.2, 0.25) is 64.4 Å². The molecule has 0 bridgehead atoms. The van der Waals surface area contributed by atoms with Crippen molar-refractivity contribution in [1.29, 1.82) is 0 Å². The molecule has 1 aromatic heterocycles. The Hall–Kier alpha value is -6.89. The van der Waals surface area contributed by atoms with Crippen LogP contribution in [0.1, 0.15) is 129 Å². The van der Waals surface area contributed by atoms with Crippen molar-refractivity contribution in [2.24, 2.45) is 11.5 Å². The number of aromatic nitrogens is 3. The molecule has 1 unspecified atom stereocenters. The van der Waals surface area contributed by atoms with Crippen molar-refractivity contribution in [1.82, 2.24) is 52.2 Å². The Morgan fingerprint density at radius 1 is 0.577 bits per heavy atom. The van der Waals surface area contributed by atoms with Crippen LogP contribution in [-0.4, -0.2) is 206 Å². The second-order valence-electron chi connectivity index (χ2n) is 22.5. The third-order valence-corrected chi connectivity index (χ3v) is 14.6. The maximum Gasteiger partial charge on any atom is 0.311 e. The minimum Gasteiger partial charge on any atom is -0.420 e. The highest BCUT2D eigenvalue weighted by atomic mass is 19.2. The van der Waals surface area contributed by atoms with Gasteiger partial charge in [0.05, 0.1) is 123 Å². The molecular formula is C63H103F5N12O17. The van der Waals surface area contributed by atoms with E-state index < -0.39 is 52.4 Å². The Morgan fingerprint density at radius 2 is 1.02 bits per heavy atom. The fraction of sp³-hybridized carbons (Fsp3) is 0.714. The molecular weight excluding hydrogens is 1290 g/mol. The first kappa shape index (κ1) is 84.3. The van der Waals surface area contributed by atoms with Gasteiger partial charge in [-0.25, -0.2) is 17.9 Å². The lowest BCUT2D eigenvalue weighted by Gasteiger charge is -2.35. The normalized spacial score (nSPS) is 15.4. The predicted molar refractivity (Wildman–Crippen MR) is 341 cm³/mol. The van der Waals surface area contributed by atoms with Crippen LogP contribution in [0.3, 0.4) is 0 Å². The summed E-state index contributed by atoms with van der Waals surface area (Å²) in [6.07, 6.45) is 13.5. The van der Waals surface area contributed by atoms with Crippen molar-refractivity contribution >= 4 is 35.5 Å². The van der Waals surface area contributed by atoms with Crippen LogP contribution in [0.5, 0.6) is 5.75 Å². The maximum atomic E-state index is 14.0. The molecule has 1 saturated heterocycles. The number of nitrogens with two attached hydrogens (primary N) is 2. The van der Waals surface area contributed by atoms with Crippen LogP contribution in [0.4, 0.5) is 22.0 Å². The third-order valence-electron chi connectivity index (χ3n) is 14.6. The number of hydrogen-bond donors (Lipinski definition) is 9. The van der Waals surface area contributed by atoms with Gasteiger partial charge in [-0.2, -0.15) is 8.78 Å². The number of benzene rings is 1. The van der Waals surface area contributed by atoms with Crippen molar-refractivity contribution < 1.29 is 103 Å². The van der Waals surface area contributed by atoms with E-state index in [0.29, 0.717) is 71.0 Å². The summed E-state index contributed by atoms with van der Waals surface area (Å²) in [5.41, 5.74) is 10.8. The minimum absolute atomic E-state index is 0.00468. The number of nitrogens with one attached hydrogen (secondary N) is 7. The summed E-state index contributed by atoms with van der Waals surface area (Å²) in [5.74, 6) is -15.6. The zero-order chi connectivity index (χ0) is 70.6. The van der Waals surface area contributed by atoms with Gasteiger partial charge in [0.15, 0.2) is 0 Å². The van der Waals surface area contributed by atoms with Gasteiger partial charge in [0.1, 0.15) is 26.3 Å². The average Bonchev–Trinajstić information content (AvgIpc) is 1.05. The lowest BCUT2D eigenvalue weighted by atomic mass is 9.82. The molecule has 2 aromatic rings. The van der Waals surface area contributed by atoms with E-state index in [4.69, 9.17) is 58.8 Å². The number of amides is 5. The highest BCUT2D eigenvalue weighted by molar-refractivity contribution is 5.80. The van der Waals surface area contributed by atoms with Crippen molar-refractivity contribution in [3.05, 3.63) is 65.8 Å². The van der Waals surface area contributed by atoms with E-state index in [1.54, 1.807) is 24.8 Å². The molecule has 1 aliphatic heterocycles. The van der Waals surface area contributed by atoms with Crippen LogP contribution in [0.2, 0.25) is 0 Å². The quantitative estimate of drug-likeness (QED) is 0.00870. The molecule has 3 rings (SSSR count). The largest absolute Gasteiger partial charge is 0.420 e. The number of halogens is 5. The van der Waals surface area contributed by atoms with Crippen LogP contribution in [0, 0.1) is 29.1 Å². The first-order valence-electron chi connectivity index (χ1n) is 33.0. The predicted octanol–water partition coefficient (Wildman–Crippen LogP) is 3.53. The Kier molecular flexibility index (Phi) is 46.2. The zero-order valence-electron chi connectivity index (χ0n) is 56.0. The number of esters is 1. The molecule has 34 heteroatoms. The molecule has 4 atom stereocenters. The van der Waals surface area contributed by atoms with E-state index >= 15 is 0 Å². The molecule has 5 amide bonds. The molecule has 29 nitrogen and oxygen atoms in total. The SMILES string of the molecule is CC(=O)N[C@@H]1CC[C@@H](C)O[C@H]1/C(N)=C/NCOCCOCCOCCNC(=O)CCC(CCC(=O)NCCOCCOCCOCN/C=C\N)(CCC(=O)NCCOCCOCCOCn1ccnn1)NC(=O)CCCCCCCCCCC(=O)Oc1c(F)c(F)c(F)c(F)c1F. The maximum absolute atomic E-state index is 14.0. The Bertz CT molecular complexity index is 2560. The molecule has 11 N–H and O–H groups in total. The number of carbonyl (C=O) groups excluding carboxylic acids is 6. The van der Waals surface area contributed by atoms with Gasteiger partial charge in [-0.15, -0.1) is 5.10 Å². The zero-order valence-corrected chi connectivity index (χ0v) is 56.0. The minimum atomic E-state index is -2.36. The highest BCUT2D eigenvalue weighted by Gasteiger charge is 2.35. The number of ether oxygens (including phenoxy) is 11. The standard InChI is InChI=1S/C63H103F5N12O17/c1-47-13-14-50(77-48(2)81)61(96-47)49(70)43-72-45-94-41-38-91-35-32-88-29-25-74-52(83)16-19-63(18-15-51(82)73-24-28-87-31-34-90-37-40-93-44-71-22-21-69,20-17-53(84)75-26-30-89-33-36-92-39-42-95-46-80-27-23-76-79-80)78-54(85)11-9-7-5-3-4-6-8-10-12-55(86)97-62-59(67)57(65)56(64)58(66)60(62)68/h21-23,27,43,47,50,61,71-72H,3-20,24-26,28-42,44-46,69-70H2,1-2H3,(H,73,82)(H,74,83)(H,75,84)(H,77,81)(H,78,85)/b22-21-,49-43-/t47-,50-,61+,63?/m1/s1.